The highest BCUT2D eigenvalue weighted by Crippen LogP contribution is 2.32. The van der Waals surface area contributed by atoms with Gasteiger partial charge in [-0.1, -0.05) is 80.4 Å². The molecule has 116 valence electrons. The fraction of sp³-hybridized carbons (Fsp3) is 0. The summed E-state index contributed by atoms with van der Waals surface area (Å²) in [5.74, 6) is 0. The lowest BCUT2D eigenvalue weighted by Gasteiger charge is -2.04. The maximum Gasteiger partial charge on any atom is 0.0935 e. The Bertz CT molecular complexity index is 797. The van der Waals surface area contributed by atoms with Crippen LogP contribution in [0, 0.1) is 0 Å². The Hall–Kier alpha value is -1.82. The molecule has 3 nitrogen and oxygen atoms in total. The van der Waals surface area contributed by atoms with E-state index in [9.17, 15) is 0 Å². The van der Waals surface area contributed by atoms with Gasteiger partial charge >= 0.3 is 0 Å². The quantitative estimate of drug-likeness (QED) is 0.429. The monoisotopic (exact) mass is 431 g/mol. The van der Waals surface area contributed by atoms with Gasteiger partial charge in [0.05, 0.1) is 11.4 Å². The predicted molar refractivity (Wildman–Crippen MR) is 103 cm³/mol. The molecule has 0 aliphatic rings. The van der Waals surface area contributed by atoms with Gasteiger partial charge in [-0.3, -0.25) is 0 Å². The number of halogens is 2. The summed E-state index contributed by atoms with van der Waals surface area (Å²) in [7, 11) is 0. The SMILES string of the molecule is Brc1cc(Br)cc(/N=N/c2ccccc2-c2ccccc2)c1.N. The molecule has 0 saturated heterocycles. The van der Waals surface area contributed by atoms with Crippen molar-refractivity contribution in [1.82, 2.24) is 6.15 Å². The van der Waals surface area contributed by atoms with E-state index in [1.54, 1.807) is 0 Å². The normalized spacial score (nSPS) is 10.5. The van der Waals surface area contributed by atoms with E-state index in [0.29, 0.717) is 0 Å². The Labute approximate surface area is 152 Å². The molecule has 0 heterocycles. The molecule has 0 aliphatic heterocycles. The minimum atomic E-state index is 0. The van der Waals surface area contributed by atoms with Crippen molar-refractivity contribution in [2.24, 2.45) is 10.2 Å². The van der Waals surface area contributed by atoms with Crippen LogP contribution < -0.4 is 6.15 Å². The molecular formula is C18H15Br2N3. The van der Waals surface area contributed by atoms with Crippen LogP contribution >= 0.6 is 31.9 Å². The molecule has 0 saturated carbocycles. The summed E-state index contributed by atoms with van der Waals surface area (Å²) in [5.41, 5.74) is 3.85. The molecule has 0 amide bonds. The lowest BCUT2D eigenvalue weighted by Crippen LogP contribution is -1.77. The maximum absolute atomic E-state index is 4.42. The van der Waals surface area contributed by atoms with Gasteiger partial charge in [0.25, 0.3) is 0 Å². The topological polar surface area (TPSA) is 59.7 Å². The number of azo groups is 1. The highest BCUT2D eigenvalue weighted by Gasteiger charge is 2.03. The van der Waals surface area contributed by atoms with Gasteiger partial charge in [0, 0.05) is 14.5 Å². The third-order valence-corrected chi connectivity index (χ3v) is 4.03. The van der Waals surface area contributed by atoms with E-state index in [1.807, 2.05) is 54.6 Å². The number of hydrogen-bond donors (Lipinski definition) is 1. The van der Waals surface area contributed by atoms with E-state index in [2.05, 4.69) is 60.3 Å². The minimum absolute atomic E-state index is 0. The lowest BCUT2D eigenvalue weighted by atomic mass is 10.0. The number of hydrogen-bond acceptors (Lipinski definition) is 3. The summed E-state index contributed by atoms with van der Waals surface area (Å²) in [6, 6.07) is 24.0. The molecule has 0 radical (unpaired) electrons. The molecule has 3 rings (SSSR count). The third-order valence-electron chi connectivity index (χ3n) is 3.11. The molecular weight excluding hydrogens is 418 g/mol. The Morgan fingerprint density at radius 3 is 1.96 bits per heavy atom. The molecule has 0 aromatic heterocycles. The molecule has 0 atom stereocenters. The van der Waals surface area contributed by atoms with Crippen LogP contribution in [0.4, 0.5) is 11.4 Å². The average Bonchev–Trinajstić information content (AvgIpc) is 2.53. The zero-order valence-electron chi connectivity index (χ0n) is 12.3. The Kier molecular flexibility index (Phi) is 6.21. The first-order valence-electron chi connectivity index (χ1n) is 6.75. The third kappa shape index (κ3) is 4.58. The maximum atomic E-state index is 4.42. The summed E-state index contributed by atoms with van der Waals surface area (Å²) in [4.78, 5) is 0. The van der Waals surface area contributed by atoms with Gasteiger partial charge in [-0.25, -0.2) is 0 Å². The molecule has 0 unspecified atom stereocenters. The number of benzene rings is 3. The van der Waals surface area contributed by atoms with E-state index < -0.39 is 0 Å². The number of rotatable bonds is 3. The van der Waals surface area contributed by atoms with Crippen molar-refractivity contribution >= 4 is 43.2 Å². The molecule has 5 heteroatoms. The van der Waals surface area contributed by atoms with Crippen LogP contribution in [0.5, 0.6) is 0 Å². The second-order valence-electron chi connectivity index (χ2n) is 4.71. The summed E-state index contributed by atoms with van der Waals surface area (Å²) in [5, 5.41) is 8.77. The molecule has 3 N–H and O–H groups in total. The zero-order chi connectivity index (χ0) is 15.4. The van der Waals surface area contributed by atoms with Gasteiger partial charge in [0.1, 0.15) is 0 Å². The zero-order valence-corrected chi connectivity index (χ0v) is 15.5. The van der Waals surface area contributed by atoms with Crippen LogP contribution in [0.2, 0.25) is 0 Å². The van der Waals surface area contributed by atoms with Crippen molar-refractivity contribution in [3.63, 3.8) is 0 Å². The van der Waals surface area contributed by atoms with E-state index >= 15 is 0 Å². The Morgan fingerprint density at radius 1 is 0.652 bits per heavy atom. The van der Waals surface area contributed by atoms with Gasteiger partial charge < -0.3 is 6.15 Å². The fourth-order valence-corrected chi connectivity index (χ4v) is 3.40. The largest absolute Gasteiger partial charge is 0.344 e. The van der Waals surface area contributed by atoms with Crippen LogP contribution in [0.1, 0.15) is 0 Å². The Morgan fingerprint density at radius 2 is 1.26 bits per heavy atom. The second-order valence-corrected chi connectivity index (χ2v) is 6.54. The summed E-state index contributed by atoms with van der Waals surface area (Å²) < 4.78 is 1.93. The molecule has 0 bridgehead atoms. The first-order valence-corrected chi connectivity index (χ1v) is 8.33. The van der Waals surface area contributed by atoms with Crippen LogP contribution in [-0.4, -0.2) is 0 Å². The van der Waals surface area contributed by atoms with Gasteiger partial charge in [0.2, 0.25) is 0 Å². The van der Waals surface area contributed by atoms with E-state index in [4.69, 9.17) is 0 Å². The second kappa shape index (κ2) is 8.15. The molecule has 23 heavy (non-hydrogen) atoms. The van der Waals surface area contributed by atoms with Crippen LogP contribution in [0.15, 0.2) is 92.0 Å². The molecule has 3 aromatic carbocycles. The van der Waals surface area contributed by atoms with Crippen LogP contribution in [0.3, 0.4) is 0 Å². The molecule has 0 aliphatic carbocycles. The smallest absolute Gasteiger partial charge is 0.0935 e. The van der Waals surface area contributed by atoms with E-state index in [0.717, 1.165) is 31.4 Å². The van der Waals surface area contributed by atoms with Gasteiger partial charge in [-0.05, 0) is 29.8 Å². The summed E-state index contributed by atoms with van der Waals surface area (Å²) in [6.07, 6.45) is 0. The van der Waals surface area contributed by atoms with E-state index in [1.165, 1.54) is 0 Å². The van der Waals surface area contributed by atoms with Crippen molar-refractivity contribution in [2.75, 3.05) is 0 Å². The number of nitrogens with zero attached hydrogens (tertiary/aromatic N) is 2. The average molecular weight is 433 g/mol. The molecule has 0 spiro atoms. The lowest BCUT2D eigenvalue weighted by molar-refractivity contribution is 1.23. The van der Waals surface area contributed by atoms with Gasteiger partial charge in [-0.15, -0.1) is 5.11 Å². The first-order chi connectivity index (χ1) is 10.7. The summed E-state index contributed by atoms with van der Waals surface area (Å²) >= 11 is 6.92. The van der Waals surface area contributed by atoms with Crippen LogP contribution in [-0.2, 0) is 0 Å². The highest BCUT2D eigenvalue weighted by molar-refractivity contribution is 9.11. The first kappa shape index (κ1) is 17.5. The highest BCUT2D eigenvalue weighted by atomic mass is 79.9. The molecule has 0 fully saturated rings. The van der Waals surface area contributed by atoms with Crippen molar-refractivity contribution < 1.29 is 0 Å². The van der Waals surface area contributed by atoms with Crippen LogP contribution in [0.25, 0.3) is 11.1 Å². The fourth-order valence-electron chi connectivity index (χ4n) is 2.13. The van der Waals surface area contributed by atoms with Crippen molar-refractivity contribution in [1.29, 1.82) is 0 Å². The Balaban J connectivity index is 0.00000192. The predicted octanol–water partition coefficient (Wildman–Crippen LogP) is 7.46. The molecule has 3 aromatic rings. The van der Waals surface area contributed by atoms with Gasteiger partial charge in [0.15, 0.2) is 0 Å². The van der Waals surface area contributed by atoms with E-state index in [-0.39, 0.29) is 6.15 Å². The van der Waals surface area contributed by atoms with Gasteiger partial charge in [-0.2, -0.15) is 5.11 Å². The standard InChI is InChI=1S/C18H12Br2N2.H3N/c19-14-10-15(20)12-16(11-14)21-22-18-9-5-4-8-17(18)13-6-2-1-3-7-13;/h1-12H;1H3/b22-21+;. The minimum Gasteiger partial charge on any atom is -0.344 e. The van der Waals surface area contributed by atoms with Crippen molar-refractivity contribution in [3.05, 3.63) is 81.7 Å². The summed E-state index contributed by atoms with van der Waals surface area (Å²) in [6.45, 7) is 0. The van der Waals surface area contributed by atoms with Crippen molar-refractivity contribution in [2.45, 2.75) is 0 Å². The van der Waals surface area contributed by atoms with Crippen molar-refractivity contribution in [3.8, 4) is 11.1 Å².